The maximum atomic E-state index is 11.9. The second kappa shape index (κ2) is 5.98. The summed E-state index contributed by atoms with van der Waals surface area (Å²) in [5.41, 5.74) is 4.18. The summed E-state index contributed by atoms with van der Waals surface area (Å²) in [5.74, 6) is 0.0754. The van der Waals surface area contributed by atoms with Gasteiger partial charge >= 0.3 is 5.97 Å². The minimum Gasteiger partial charge on any atom is -0.312 e. The van der Waals surface area contributed by atoms with E-state index in [1.54, 1.807) is 0 Å². The van der Waals surface area contributed by atoms with Crippen molar-refractivity contribution < 1.29 is 9.63 Å². The largest absolute Gasteiger partial charge is 0.368 e. The third-order valence-corrected chi connectivity index (χ3v) is 3.66. The molecule has 0 atom stereocenters. The summed E-state index contributed by atoms with van der Waals surface area (Å²) in [6, 6.07) is 17.8. The van der Waals surface area contributed by atoms with Gasteiger partial charge in [-0.3, -0.25) is 0 Å². The Balaban J connectivity index is 1.94. The molecule has 3 nitrogen and oxygen atoms in total. The maximum Gasteiger partial charge on any atom is 0.368 e. The molecule has 3 rings (SSSR count). The van der Waals surface area contributed by atoms with Crippen LogP contribution in [0.15, 0.2) is 65.3 Å². The Bertz CT molecular complexity index is 741. The molecule has 0 spiro atoms. The lowest BCUT2D eigenvalue weighted by molar-refractivity contribution is -0.136. The van der Waals surface area contributed by atoms with Crippen molar-refractivity contribution in [2.45, 2.75) is 19.8 Å². The van der Waals surface area contributed by atoms with Crippen molar-refractivity contribution in [2.75, 3.05) is 0 Å². The molecule has 0 radical (unpaired) electrons. The number of carbonyl (C=O) groups is 1. The van der Waals surface area contributed by atoms with Crippen LogP contribution in [0, 0.1) is 0 Å². The van der Waals surface area contributed by atoms with Gasteiger partial charge in [0.05, 0.1) is 5.57 Å². The Labute approximate surface area is 129 Å². The van der Waals surface area contributed by atoms with Gasteiger partial charge in [-0.2, -0.15) is 0 Å². The lowest BCUT2D eigenvalue weighted by atomic mass is 9.98. The summed E-state index contributed by atoms with van der Waals surface area (Å²) in [7, 11) is 0. The standard InChI is InChI=1S/C19H17NO2/c1-13(2)15-10-8-14(9-11-15)12-17-18(20-22-19(17)21)16-6-4-3-5-7-16/h3-13H,1-2H3/b17-12+. The first-order valence-corrected chi connectivity index (χ1v) is 7.32. The molecule has 0 N–H and O–H groups in total. The van der Waals surface area contributed by atoms with E-state index in [1.165, 1.54) is 5.56 Å². The molecule has 0 aromatic heterocycles. The highest BCUT2D eigenvalue weighted by atomic mass is 16.7. The van der Waals surface area contributed by atoms with Crippen molar-refractivity contribution in [3.05, 3.63) is 76.9 Å². The number of nitrogens with zero attached hydrogens (tertiary/aromatic N) is 1. The third kappa shape index (κ3) is 2.84. The van der Waals surface area contributed by atoms with E-state index in [9.17, 15) is 4.79 Å². The molecule has 110 valence electrons. The zero-order valence-electron chi connectivity index (χ0n) is 12.6. The minimum atomic E-state index is -0.410. The van der Waals surface area contributed by atoms with Crippen molar-refractivity contribution in [1.82, 2.24) is 0 Å². The Morgan fingerprint density at radius 2 is 1.68 bits per heavy atom. The van der Waals surface area contributed by atoms with Gasteiger partial charge in [-0.15, -0.1) is 0 Å². The highest BCUT2D eigenvalue weighted by molar-refractivity contribution is 6.31. The van der Waals surface area contributed by atoms with Crippen molar-refractivity contribution >= 4 is 17.8 Å². The molecule has 0 bridgehead atoms. The summed E-state index contributed by atoms with van der Waals surface area (Å²) >= 11 is 0. The molecular weight excluding hydrogens is 274 g/mol. The van der Waals surface area contributed by atoms with E-state index >= 15 is 0 Å². The number of hydrogen-bond acceptors (Lipinski definition) is 3. The third-order valence-electron chi connectivity index (χ3n) is 3.66. The molecular formula is C19H17NO2. The molecule has 0 saturated heterocycles. The summed E-state index contributed by atoms with van der Waals surface area (Å²) in [5, 5.41) is 3.91. The molecule has 0 aliphatic carbocycles. The summed E-state index contributed by atoms with van der Waals surface area (Å²) in [6.45, 7) is 4.31. The van der Waals surface area contributed by atoms with Gasteiger partial charge in [0.15, 0.2) is 0 Å². The van der Waals surface area contributed by atoms with E-state index in [-0.39, 0.29) is 0 Å². The van der Waals surface area contributed by atoms with Crippen LogP contribution < -0.4 is 0 Å². The van der Waals surface area contributed by atoms with Crippen LogP contribution in [-0.4, -0.2) is 11.7 Å². The van der Waals surface area contributed by atoms with E-state index < -0.39 is 5.97 Å². The lowest BCUT2D eigenvalue weighted by Crippen LogP contribution is -2.06. The van der Waals surface area contributed by atoms with Crippen LogP contribution in [0.5, 0.6) is 0 Å². The zero-order valence-corrected chi connectivity index (χ0v) is 12.6. The molecule has 2 aromatic rings. The first-order chi connectivity index (χ1) is 10.6. The number of rotatable bonds is 3. The van der Waals surface area contributed by atoms with Crippen molar-refractivity contribution in [2.24, 2.45) is 5.16 Å². The number of carbonyl (C=O) groups excluding carboxylic acids is 1. The maximum absolute atomic E-state index is 11.9. The van der Waals surface area contributed by atoms with Crippen LogP contribution in [0.4, 0.5) is 0 Å². The first-order valence-electron chi connectivity index (χ1n) is 7.32. The minimum absolute atomic E-state index is 0.410. The SMILES string of the molecule is CC(C)c1ccc(/C=C2/C(=O)ON=C2c2ccccc2)cc1. The fourth-order valence-electron chi connectivity index (χ4n) is 2.36. The van der Waals surface area contributed by atoms with Crippen LogP contribution in [0.3, 0.4) is 0 Å². The number of benzene rings is 2. The fourth-order valence-corrected chi connectivity index (χ4v) is 2.36. The predicted octanol–water partition coefficient (Wildman–Crippen LogP) is 4.15. The van der Waals surface area contributed by atoms with Crippen molar-refractivity contribution in [3.8, 4) is 0 Å². The number of oxime groups is 1. The van der Waals surface area contributed by atoms with Gasteiger partial charge in [-0.1, -0.05) is 73.6 Å². The summed E-state index contributed by atoms with van der Waals surface area (Å²) < 4.78 is 0. The van der Waals surface area contributed by atoms with Gasteiger partial charge in [0.1, 0.15) is 5.71 Å². The molecule has 0 fully saturated rings. The monoisotopic (exact) mass is 291 g/mol. The molecule has 1 aliphatic rings. The van der Waals surface area contributed by atoms with Gasteiger partial charge < -0.3 is 4.84 Å². The Hall–Kier alpha value is -2.68. The second-order valence-electron chi connectivity index (χ2n) is 5.56. The summed E-state index contributed by atoms with van der Waals surface area (Å²) in [6.07, 6.45) is 1.82. The van der Waals surface area contributed by atoms with Crippen LogP contribution in [0.25, 0.3) is 6.08 Å². The molecule has 3 heteroatoms. The second-order valence-corrected chi connectivity index (χ2v) is 5.56. The summed E-state index contributed by atoms with van der Waals surface area (Å²) in [4.78, 5) is 16.8. The van der Waals surface area contributed by atoms with E-state index in [1.807, 2.05) is 48.5 Å². The average Bonchev–Trinajstić information content (AvgIpc) is 2.90. The Kier molecular flexibility index (Phi) is 3.88. The molecule has 0 amide bonds. The van der Waals surface area contributed by atoms with Crippen molar-refractivity contribution in [3.63, 3.8) is 0 Å². The molecule has 22 heavy (non-hydrogen) atoms. The topological polar surface area (TPSA) is 38.7 Å². The van der Waals surface area contributed by atoms with Crippen LogP contribution in [0.2, 0.25) is 0 Å². The predicted molar refractivity (Wildman–Crippen MR) is 87.6 cm³/mol. The van der Waals surface area contributed by atoms with E-state index in [0.717, 1.165) is 11.1 Å². The lowest BCUT2D eigenvalue weighted by Gasteiger charge is -2.05. The molecule has 2 aromatic carbocycles. The average molecular weight is 291 g/mol. The Morgan fingerprint density at radius 1 is 1.00 bits per heavy atom. The van der Waals surface area contributed by atoms with E-state index in [0.29, 0.717) is 17.2 Å². The van der Waals surface area contributed by atoms with Gasteiger partial charge in [0.2, 0.25) is 0 Å². The van der Waals surface area contributed by atoms with Gasteiger partial charge in [-0.25, -0.2) is 4.79 Å². The molecule has 1 heterocycles. The normalized spacial score (nSPS) is 16.0. The van der Waals surface area contributed by atoms with Gasteiger partial charge in [0.25, 0.3) is 0 Å². The van der Waals surface area contributed by atoms with Crippen molar-refractivity contribution in [1.29, 1.82) is 0 Å². The molecule has 1 aliphatic heterocycles. The highest BCUT2D eigenvalue weighted by Gasteiger charge is 2.26. The smallest absolute Gasteiger partial charge is 0.312 e. The Morgan fingerprint density at radius 3 is 2.32 bits per heavy atom. The van der Waals surface area contributed by atoms with Crippen LogP contribution in [-0.2, 0) is 9.63 Å². The van der Waals surface area contributed by atoms with E-state index in [2.05, 4.69) is 31.1 Å². The van der Waals surface area contributed by atoms with Gasteiger partial charge in [-0.05, 0) is 23.1 Å². The zero-order chi connectivity index (χ0) is 15.5. The van der Waals surface area contributed by atoms with Crippen LogP contribution >= 0.6 is 0 Å². The first kappa shape index (κ1) is 14.3. The molecule has 0 saturated carbocycles. The quantitative estimate of drug-likeness (QED) is 0.629. The number of hydrogen-bond donors (Lipinski definition) is 0. The molecule has 0 unspecified atom stereocenters. The van der Waals surface area contributed by atoms with E-state index in [4.69, 9.17) is 4.84 Å². The van der Waals surface area contributed by atoms with Gasteiger partial charge in [0, 0.05) is 5.56 Å². The fraction of sp³-hybridized carbons (Fsp3) is 0.158. The highest BCUT2D eigenvalue weighted by Crippen LogP contribution is 2.22. The van der Waals surface area contributed by atoms with Crippen LogP contribution in [0.1, 0.15) is 36.5 Å².